The van der Waals surface area contributed by atoms with Crippen LogP contribution < -0.4 is 10.1 Å². The van der Waals surface area contributed by atoms with Gasteiger partial charge in [0.15, 0.2) is 6.61 Å². The molecule has 1 amide bonds. The van der Waals surface area contributed by atoms with E-state index in [1.54, 1.807) is 25.3 Å². The van der Waals surface area contributed by atoms with Crippen molar-refractivity contribution in [2.45, 2.75) is 13.3 Å². The van der Waals surface area contributed by atoms with Crippen LogP contribution in [-0.4, -0.2) is 25.6 Å². The lowest BCUT2D eigenvalue weighted by Gasteiger charge is -2.09. The van der Waals surface area contributed by atoms with E-state index in [9.17, 15) is 9.59 Å². The molecule has 0 spiro atoms. The average molecular weight is 313 g/mol. The Kier molecular flexibility index (Phi) is 5.74. The van der Waals surface area contributed by atoms with E-state index in [0.29, 0.717) is 11.4 Å². The highest BCUT2D eigenvalue weighted by Gasteiger charge is 2.11. The minimum absolute atomic E-state index is 0.0573. The molecule has 0 saturated heterocycles. The van der Waals surface area contributed by atoms with Gasteiger partial charge in [0.1, 0.15) is 5.75 Å². The van der Waals surface area contributed by atoms with E-state index in [1.807, 2.05) is 37.3 Å². The van der Waals surface area contributed by atoms with Crippen LogP contribution in [-0.2, 0) is 20.7 Å². The van der Waals surface area contributed by atoms with Gasteiger partial charge in [-0.2, -0.15) is 0 Å². The number of hydrogen-bond donors (Lipinski definition) is 1. The molecule has 0 heterocycles. The van der Waals surface area contributed by atoms with E-state index in [0.717, 1.165) is 11.1 Å². The second kappa shape index (κ2) is 7.98. The number of rotatable bonds is 6. The molecule has 0 atom stereocenters. The van der Waals surface area contributed by atoms with Crippen molar-refractivity contribution in [1.29, 1.82) is 0 Å². The summed E-state index contributed by atoms with van der Waals surface area (Å²) in [6.07, 6.45) is 0.0573. The van der Waals surface area contributed by atoms with Gasteiger partial charge in [-0.25, -0.2) is 0 Å². The predicted octanol–water partition coefficient (Wildman–Crippen LogP) is 2.73. The lowest BCUT2D eigenvalue weighted by Crippen LogP contribution is -2.21. The van der Waals surface area contributed by atoms with Crippen LogP contribution >= 0.6 is 0 Å². The smallest absolute Gasteiger partial charge is 0.310 e. The van der Waals surface area contributed by atoms with E-state index < -0.39 is 5.97 Å². The van der Waals surface area contributed by atoms with Crippen LogP contribution in [0.4, 0.5) is 5.69 Å². The zero-order valence-corrected chi connectivity index (χ0v) is 13.2. The van der Waals surface area contributed by atoms with Crippen LogP contribution in [0.25, 0.3) is 0 Å². The highest BCUT2D eigenvalue weighted by Crippen LogP contribution is 2.18. The first-order valence-electron chi connectivity index (χ1n) is 7.22. The Morgan fingerprint density at radius 1 is 1.09 bits per heavy atom. The van der Waals surface area contributed by atoms with Crippen molar-refractivity contribution in [2.75, 3.05) is 19.0 Å². The molecule has 0 aliphatic carbocycles. The van der Waals surface area contributed by atoms with Gasteiger partial charge in [0.2, 0.25) is 0 Å². The molecule has 2 aromatic carbocycles. The van der Waals surface area contributed by atoms with Gasteiger partial charge in [-0.3, -0.25) is 9.59 Å². The van der Waals surface area contributed by atoms with Gasteiger partial charge in [0.05, 0.1) is 13.5 Å². The van der Waals surface area contributed by atoms with Crippen molar-refractivity contribution in [2.24, 2.45) is 0 Å². The van der Waals surface area contributed by atoms with Gasteiger partial charge in [-0.1, -0.05) is 30.3 Å². The molecule has 0 saturated carbocycles. The van der Waals surface area contributed by atoms with Crippen LogP contribution in [0.2, 0.25) is 0 Å². The maximum atomic E-state index is 11.8. The fourth-order valence-corrected chi connectivity index (χ4v) is 2.12. The second-order valence-corrected chi connectivity index (χ2v) is 5.07. The minimum atomic E-state index is -0.478. The number of benzene rings is 2. The average Bonchev–Trinajstić information content (AvgIpc) is 2.53. The summed E-state index contributed by atoms with van der Waals surface area (Å²) in [6, 6.07) is 14.6. The predicted molar refractivity (Wildman–Crippen MR) is 87.5 cm³/mol. The number of ether oxygens (including phenoxy) is 2. The van der Waals surface area contributed by atoms with Crippen LogP contribution in [0.1, 0.15) is 11.1 Å². The van der Waals surface area contributed by atoms with Crippen molar-refractivity contribution >= 4 is 17.6 Å². The lowest BCUT2D eigenvalue weighted by atomic mass is 10.1. The summed E-state index contributed by atoms with van der Waals surface area (Å²) in [5, 5.41) is 2.68. The lowest BCUT2D eigenvalue weighted by molar-refractivity contribution is -0.146. The number of methoxy groups -OCH3 is 1. The molecule has 1 N–H and O–H groups in total. The third-order valence-corrected chi connectivity index (χ3v) is 3.19. The zero-order chi connectivity index (χ0) is 16.7. The van der Waals surface area contributed by atoms with Gasteiger partial charge < -0.3 is 14.8 Å². The highest BCUT2D eigenvalue weighted by atomic mass is 16.5. The minimum Gasteiger partial charge on any atom is -0.496 e. The summed E-state index contributed by atoms with van der Waals surface area (Å²) in [5.74, 6) is -0.230. The molecule has 0 unspecified atom stereocenters. The van der Waals surface area contributed by atoms with Crippen molar-refractivity contribution in [3.05, 3.63) is 59.7 Å². The molecule has 2 aromatic rings. The maximum Gasteiger partial charge on any atom is 0.310 e. The maximum absolute atomic E-state index is 11.8. The molecule has 0 aliphatic rings. The Labute approximate surface area is 135 Å². The molecule has 0 aromatic heterocycles. The normalized spacial score (nSPS) is 10.0. The molecule has 0 aliphatic heterocycles. The van der Waals surface area contributed by atoms with E-state index >= 15 is 0 Å². The Morgan fingerprint density at radius 3 is 2.61 bits per heavy atom. The van der Waals surface area contributed by atoms with E-state index in [-0.39, 0.29) is 18.9 Å². The van der Waals surface area contributed by atoms with Crippen molar-refractivity contribution in [1.82, 2.24) is 0 Å². The van der Waals surface area contributed by atoms with Crippen molar-refractivity contribution < 1.29 is 19.1 Å². The van der Waals surface area contributed by atoms with Gasteiger partial charge in [-0.05, 0) is 30.7 Å². The third kappa shape index (κ3) is 5.14. The van der Waals surface area contributed by atoms with Crippen LogP contribution in [0.3, 0.4) is 0 Å². The summed E-state index contributed by atoms with van der Waals surface area (Å²) >= 11 is 0. The second-order valence-electron chi connectivity index (χ2n) is 5.07. The Morgan fingerprint density at radius 2 is 1.87 bits per heavy atom. The number of para-hydroxylation sites is 1. The first-order valence-corrected chi connectivity index (χ1v) is 7.22. The van der Waals surface area contributed by atoms with Gasteiger partial charge in [0.25, 0.3) is 5.91 Å². The molecule has 0 fully saturated rings. The highest BCUT2D eigenvalue weighted by molar-refractivity contribution is 5.93. The number of anilines is 1. The molecule has 120 valence electrons. The van der Waals surface area contributed by atoms with E-state index in [2.05, 4.69) is 5.32 Å². The Bertz CT molecular complexity index is 697. The number of esters is 1. The number of aryl methyl sites for hydroxylation is 1. The molecule has 23 heavy (non-hydrogen) atoms. The molecular weight excluding hydrogens is 294 g/mol. The fourth-order valence-electron chi connectivity index (χ4n) is 2.12. The monoisotopic (exact) mass is 313 g/mol. The molecule has 2 rings (SSSR count). The Hall–Kier alpha value is -2.82. The van der Waals surface area contributed by atoms with Crippen LogP contribution in [0, 0.1) is 6.92 Å². The topological polar surface area (TPSA) is 64.6 Å². The largest absolute Gasteiger partial charge is 0.496 e. The summed E-state index contributed by atoms with van der Waals surface area (Å²) < 4.78 is 10.2. The standard InChI is InChI=1S/C18H19NO4/c1-13-6-5-8-15(10-13)19-17(20)12-23-18(21)11-14-7-3-4-9-16(14)22-2/h3-10H,11-12H2,1-2H3,(H,19,20). The van der Waals surface area contributed by atoms with Crippen molar-refractivity contribution in [3.8, 4) is 5.75 Å². The zero-order valence-electron chi connectivity index (χ0n) is 13.2. The number of hydrogen-bond acceptors (Lipinski definition) is 4. The summed E-state index contributed by atoms with van der Waals surface area (Å²) in [4.78, 5) is 23.6. The first kappa shape index (κ1) is 16.5. The fraction of sp³-hybridized carbons (Fsp3) is 0.222. The van der Waals surface area contributed by atoms with Gasteiger partial charge >= 0.3 is 5.97 Å². The van der Waals surface area contributed by atoms with Gasteiger partial charge in [0, 0.05) is 11.3 Å². The quantitative estimate of drug-likeness (QED) is 0.833. The van der Waals surface area contributed by atoms with Crippen LogP contribution in [0.15, 0.2) is 48.5 Å². The summed E-state index contributed by atoms with van der Waals surface area (Å²) in [5.41, 5.74) is 2.44. The number of amides is 1. The Balaban J connectivity index is 1.83. The molecule has 5 heteroatoms. The summed E-state index contributed by atoms with van der Waals surface area (Å²) in [6.45, 7) is 1.62. The first-order chi connectivity index (χ1) is 11.1. The third-order valence-electron chi connectivity index (χ3n) is 3.19. The van der Waals surface area contributed by atoms with Crippen molar-refractivity contribution in [3.63, 3.8) is 0 Å². The van der Waals surface area contributed by atoms with Gasteiger partial charge in [-0.15, -0.1) is 0 Å². The SMILES string of the molecule is COc1ccccc1CC(=O)OCC(=O)Nc1cccc(C)c1. The number of nitrogens with one attached hydrogen (secondary N) is 1. The molecule has 0 bridgehead atoms. The van der Waals surface area contributed by atoms with E-state index in [4.69, 9.17) is 9.47 Å². The van der Waals surface area contributed by atoms with Crippen LogP contribution in [0.5, 0.6) is 5.75 Å². The molecule has 5 nitrogen and oxygen atoms in total. The molecular formula is C18H19NO4. The number of carbonyl (C=O) groups excluding carboxylic acids is 2. The number of carbonyl (C=O) groups is 2. The molecule has 0 radical (unpaired) electrons. The van der Waals surface area contributed by atoms with E-state index in [1.165, 1.54) is 0 Å². The summed E-state index contributed by atoms with van der Waals surface area (Å²) in [7, 11) is 1.54.